The molecule has 0 amide bonds. The van der Waals surface area contributed by atoms with Crippen LogP contribution in [0.1, 0.15) is 29.7 Å². The average molecular weight is 562 g/mol. The molecule has 1 aliphatic rings. The van der Waals surface area contributed by atoms with Crippen molar-refractivity contribution in [1.82, 2.24) is 10.3 Å². The van der Waals surface area contributed by atoms with Gasteiger partial charge in [0.05, 0.1) is 23.0 Å². The predicted octanol–water partition coefficient (Wildman–Crippen LogP) is 1.61. The Hall–Kier alpha value is -3.98. The minimum atomic E-state index is -0.751. The fourth-order valence-electron chi connectivity index (χ4n) is 3.19. The fourth-order valence-corrected chi connectivity index (χ4v) is 3.97. The molecule has 3 rings (SSSR count). The van der Waals surface area contributed by atoms with Gasteiger partial charge in [0, 0.05) is 5.56 Å². The molecular weight excluding hydrogens is 543 g/mol. The highest BCUT2D eigenvalue weighted by atomic mass is 127. The van der Waals surface area contributed by atoms with Gasteiger partial charge in [-0.25, -0.2) is 14.8 Å². The molecule has 170 valence electrons. The zero-order valence-corrected chi connectivity index (χ0v) is 19.8. The molecule has 2 heterocycles. The van der Waals surface area contributed by atoms with Crippen molar-refractivity contribution in [1.29, 1.82) is 10.5 Å². The number of hydrogen-bond donors (Lipinski definition) is 4. The van der Waals surface area contributed by atoms with Gasteiger partial charge < -0.3 is 31.0 Å². The Balaban J connectivity index is 2.12. The van der Waals surface area contributed by atoms with E-state index < -0.39 is 12.0 Å². The molecule has 1 unspecified atom stereocenters. The maximum absolute atomic E-state index is 11.7. The minimum Gasteiger partial charge on any atom is -0.493 e. The molecule has 33 heavy (non-hydrogen) atoms. The normalized spacial score (nSPS) is 14.0. The first kappa shape index (κ1) is 23.7. The maximum atomic E-state index is 11.7. The van der Waals surface area contributed by atoms with E-state index >= 15 is 0 Å². The van der Waals surface area contributed by atoms with Crippen molar-refractivity contribution in [3.05, 3.63) is 32.4 Å². The predicted molar refractivity (Wildman–Crippen MR) is 127 cm³/mol. The van der Waals surface area contributed by atoms with Gasteiger partial charge in [-0.1, -0.05) is 0 Å². The number of aromatic nitrogens is 1. The van der Waals surface area contributed by atoms with Crippen molar-refractivity contribution in [2.24, 2.45) is 4.99 Å². The molecule has 1 atom stereocenters. The lowest BCUT2D eigenvalue weighted by molar-refractivity contribution is -0.145. The molecule has 2 aromatic rings. The van der Waals surface area contributed by atoms with Crippen LogP contribution in [-0.2, 0) is 9.53 Å². The van der Waals surface area contributed by atoms with Gasteiger partial charge in [-0.15, -0.1) is 0 Å². The van der Waals surface area contributed by atoms with E-state index in [9.17, 15) is 10.1 Å². The van der Waals surface area contributed by atoms with Crippen molar-refractivity contribution in [3.8, 4) is 23.8 Å². The minimum absolute atomic E-state index is 0.0310. The van der Waals surface area contributed by atoms with Gasteiger partial charge in [0.2, 0.25) is 5.96 Å². The summed E-state index contributed by atoms with van der Waals surface area (Å²) in [5.74, 6) is 0.524. The van der Waals surface area contributed by atoms with Crippen molar-refractivity contribution in [3.63, 3.8) is 0 Å². The Labute approximate surface area is 202 Å². The number of anilines is 3. The number of benzene rings is 1. The number of methoxy groups -OCH3 is 1. The molecule has 0 saturated carbocycles. The number of hydrogen-bond acceptors (Lipinski definition) is 12. The Morgan fingerprint density at radius 2 is 2.12 bits per heavy atom. The third kappa shape index (κ3) is 4.78. The third-order valence-corrected chi connectivity index (χ3v) is 5.37. The van der Waals surface area contributed by atoms with Gasteiger partial charge in [0.15, 0.2) is 24.3 Å². The van der Waals surface area contributed by atoms with Crippen LogP contribution in [-0.4, -0.2) is 37.2 Å². The largest absolute Gasteiger partial charge is 0.493 e. The summed E-state index contributed by atoms with van der Waals surface area (Å²) in [6.45, 7) is 1.66. The number of nitrogen functional groups attached to an aromatic ring is 2. The number of carbonyl (C=O) groups excluding carboxylic acids is 1. The maximum Gasteiger partial charge on any atom is 0.344 e. The van der Waals surface area contributed by atoms with E-state index in [4.69, 9.17) is 30.9 Å². The van der Waals surface area contributed by atoms with Gasteiger partial charge >= 0.3 is 5.97 Å². The summed E-state index contributed by atoms with van der Waals surface area (Å²) in [6, 6.07) is 4.63. The number of fused-ring (bicyclic) bond motifs is 1. The second-order valence-corrected chi connectivity index (χ2v) is 7.69. The zero-order chi connectivity index (χ0) is 24.1. The summed E-state index contributed by atoms with van der Waals surface area (Å²) >= 11 is 2.04. The highest BCUT2D eigenvalue weighted by Crippen LogP contribution is 2.43. The lowest BCUT2D eigenvalue weighted by Gasteiger charge is -2.27. The summed E-state index contributed by atoms with van der Waals surface area (Å²) in [5, 5.41) is 23.8. The Morgan fingerprint density at radius 1 is 1.36 bits per heavy atom. The van der Waals surface area contributed by atoms with Gasteiger partial charge in [0.25, 0.3) is 0 Å². The molecule has 0 fully saturated rings. The first-order valence-corrected chi connectivity index (χ1v) is 10.6. The number of pyridine rings is 1. The summed E-state index contributed by atoms with van der Waals surface area (Å²) in [4.78, 5) is 20.4. The standard InChI is InChI=1S/C20H19IN8O4/c1-3-32-13(30)7-33-17-11(21)4-9(5-12(17)31-2)16-14-15(24)10(6-22)18(25)28-19(14)29-20(27-16)26-8-23/h4-5,16H,3,7H2,1-2H3,(H6,24,25,26,27,28,29). The molecule has 0 aliphatic carbocycles. The molecule has 1 aliphatic heterocycles. The van der Waals surface area contributed by atoms with E-state index in [1.54, 1.807) is 25.2 Å². The topological polar surface area (TPSA) is 194 Å². The molecule has 0 radical (unpaired) electrons. The zero-order valence-electron chi connectivity index (χ0n) is 17.6. The highest BCUT2D eigenvalue weighted by molar-refractivity contribution is 14.1. The number of nitrogens with zero attached hydrogens (tertiary/aromatic N) is 4. The van der Waals surface area contributed by atoms with E-state index in [1.807, 2.05) is 28.7 Å². The second-order valence-electron chi connectivity index (χ2n) is 6.53. The van der Waals surface area contributed by atoms with E-state index in [0.29, 0.717) is 26.2 Å². The van der Waals surface area contributed by atoms with Crippen LogP contribution in [0, 0.1) is 26.4 Å². The molecule has 12 nitrogen and oxygen atoms in total. The number of carbonyl (C=O) groups is 1. The van der Waals surface area contributed by atoms with Gasteiger partial charge in [0.1, 0.15) is 29.3 Å². The molecule has 6 N–H and O–H groups in total. The number of ether oxygens (including phenoxy) is 3. The van der Waals surface area contributed by atoms with Crippen LogP contribution in [0.3, 0.4) is 0 Å². The number of nitrogens with one attached hydrogen (secondary N) is 2. The first-order chi connectivity index (χ1) is 15.8. The summed E-state index contributed by atoms with van der Waals surface area (Å²) < 4.78 is 16.6. The van der Waals surface area contributed by atoms with Crippen LogP contribution >= 0.6 is 22.6 Å². The number of nitrogens with two attached hydrogens (primary N) is 2. The second kappa shape index (κ2) is 10.1. The Morgan fingerprint density at radius 3 is 2.76 bits per heavy atom. The Bertz CT molecular complexity index is 1220. The Kier molecular flexibility index (Phi) is 7.24. The molecule has 0 spiro atoms. The highest BCUT2D eigenvalue weighted by Gasteiger charge is 2.31. The van der Waals surface area contributed by atoms with Crippen molar-refractivity contribution in [2.75, 3.05) is 37.1 Å². The van der Waals surface area contributed by atoms with Crippen LogP contribution in [0.15, 0.2) is 17.1 Å². The number of aliphatic imine (C=N–C) groups is 1. The van der Waals surface area contributed by atoms with E-state index in [-0.39, 0.29) is 42.1 Å². The number of nitriles is 2. The number of guanidine groups is 1. The SMILES string of the molecule is CCOC(=O)COc1c(I)cc(C2N=C(NC#N)Nc3nc(N)c(C#N)c(N)c32)cc1OC. The average Bonchev–Trinajstić information content (AvgIpc) is 2.77. The lowest BCUT2D eigenvalue weighted by atomic mass is 9.95. The number of esters is 1. The lowest BCUT2D eigenvalue weighted by Crippen LogP contribution is -2.32. The van der Waals surface area contributed by atoms with Gasteiger partial charge in [-0.3, -0.25) is 5.32 Å². The molecule has 1 aromatic carbocycles. The molecule has 0 saturated heterocycles. The fraction of sp³-hybridized carbons (Fsp3) is 0.250. The van der Waals surface area contributed by atoms with Crippen LogP contribution in [0.5, 0.6) is 11.5 Å². The van der Waals surface area contributed by atoms with E-state index in [1.165, 1.54) is 7.11 Å². The smallest absolute Gasteiger partial charge is 0.344 e. The van der Waals surface area contributed by atoms with Crippen molar-refractivity contribution < 1.29 is 19.0 Å². The summed E-state index contributed by atoms with van der Waals surface area (Å²) in [6.07, 6.45) is 1.80. The van der Waals surface area contributed by atoms with Gasteiger partial charge in [-0.05, 0) is 47.2 Å². The van der Waals surface area contributed by atoms with E-state index in [2.05, 4.69) is 20.6 Å². The molecular formula is C20H19IN8O4. The van der Waals surface area contributed by atoms with Crippen LogP contribution < -0.4 is 31.6 Å². The third-order valence-electron chi connectivity index (χ3n) is 4.56. The van der Waals surface area contributed by atoms with Gasteiger partial charge in [-0.2, -0.15) is 10.5 Å². The molecule has 0 bridgehead atoms. The van der Waals surface area contributed by atoms with Crippen LogP contribution in [0.2, 0.25) is 0 Å². The number of halogens is 1. The van der Waals surface area contributed by atoms with Crippen LogP contribution in [0.25, 0.3) is 0 Å². The monoisotopic (exact) mass is 562 g/mol. The summed E-state index contributed by atoms with van der Waals surface area (Å²) in [5.41, 5.74) is 13.3. The van der Waals surface area contributed by atoms with E-state index in [0.717, 1.165) is 0 Å². The summed E-state index contributed by atoms with van der Waals surface area (Å²) in [7, 11) is 1.46. The van der Waals surface area contributed by atoms with Crippen molar-refractivity contribution in [2.45, 2.75) is 13.0 Å². The number of rotatable bonds is 6. The van der Waals surface area contributed by atoms with Crippen molar-refractivity contribution >= 4 is 51.8 Å². The quantitative estimate of drug-likeness (QED) is 0.173. The first-order valence-electron chi connectivity index (χ1n) is 9.49. The molecule has 1 aromatic heterocycles. The molecule has 13 heteroatoms. The van der Waals surface area contributed by atoms with Crippen LogP contribution in [0.4, 0.5) is 17.3 Å².